The van der Waals surface area contributed by atoms with E-state index >= 15 is 0 Å². The zero-order valence-electron chi connectivity index (χ0n) is 16.8. The van der Waals surface area contributed by atoms with Crippen LogP contribution in [0, 0.1) is 0 Å². The molecule has 0 aromatic heterocycles. The zero-order valence-corrected chi connectivity index (χ0v) is 16.8. The van der Waals surface area contributed by atoms with E-state index in [0.717, 1.165) is 0 Å². The van der Waals surface area contributed by atoms with Crippen LogP contribution in [0.2, 0.25) is 0 Å². The van der Waals surface area contributed by atoms with E-state index in [1.807, 2.05) is 6.92 Å². The standard InChI is InChI=1S/C22H23NO7/c1-3-29-18-10-6-15(7-11-18)19(24)12-13-21(26)30-14-20(25)23-17-8-4-16(5-9-17)22(27)28-2/h4-11H,3,12-14H2,1-2H3,(H,23,25). The van der Waals surface area contributed by atoms with Gasteiger partial charge in [-0.15, -0.1) is 0 Å². The first-order chi connectivity index (χ1) is 14.4. The number of esters is 2. The minimum Gasteiger partial charge on any atom is -0.494 e. The van der Waals surface area contributed by atoms with Gasteiger partial charge in [0.05, 0.1) is 25.7 Å². The Labute approximate surface area is 174 Å². The summed E-state index contributed by atoms with van der Waals surface area (Å²) in [6, 6.07) is 12.7. The van der Waals surface area contributed by atoms with Crippen molar-refractivity contribution in [2.75, 3.05) is 25.6 Å². The highest BCUT2D eigenvalue weighted by Gasteiger charge is 2.13. The van der Waals surface area contributed by atoms with Crippen molar-refractivity contribution >= 4 is 29.3 Å². The second-order valence-corrected chi connectivity index (χ2v) is 6.16. The summed E-state index contributed by atoms with van der Waals surface area (Å²) >= 11 is 0. The molecule has 0 spiro atoms. The third-order valence-electron chi connectivity index (χ3n) is 4.00. The molecule has 1 amide bonds. The Balaban J connectivity index is 1.72. The van der Waals surface area contributed by atoms with E-state index in [0.29, 0.717) is 29.2 Å². The summed E-state index contributed by atoms with van der Waals surface area (Å²) in [4.78, 5) is 47.2. The summed E-state index contributed by atoms with van der Waals surface area (Å²) in [6.07, 6.45) is -0.156. The van der Waals surface area contributed by atoms with Crippen molar-refractivity contribution in [3.05, 3.63) is 59.7 Å². The fourth-order valence-corrected chi connectivity index (χ4v) is 2.49. The van der Waals surface area contributed by atoms with Crippen molar-refractivity contribution in [1.29, 1.82) is 0 Å². The molecule has 158 valence electrons. The lowest BCUT2D eigenvalue weighted by molar-refractivity contribution is -0.147. The van der Waals surface area contributed by atoms with E-state index < -0.39 is 24.5 Å². The number of amides is 1. The fourth-order valence-electron chi connectivity index (χ4n) is 2.49. The predicted octanol–water partition coefficient (Wildman–Crippen LogP) is 3.02. The van der Waals surface area contributed by atoms with Crippen LogP contribution in [0.1, 0.15) is 40.5 Å². The van der Waals surface area contributed by atoms with Gasteiger partial charge in [0, 0.05) is 17.7 Å². The molecule has 0 unspecified atom stereocenters. The number of ether oxygens (including phenoxy) is 3. The van der Waals surface area contributed by atoms with Gasteiger partial charge in [-0.1, -0.05) is 0 Å². The van der Waals surface area contributed by atoms with Gasteiger partial charge in [0.2, 0.25) is 0 Å². The van der Waals surface area contributed by atoms with E-state index in [2.05, 4.69) is 10.1 Å². The van der Waals surface area contributed by atoms with Gasteiger partial charge < -0.3 is 19.5 Å². The van der Waals surface area contributed by atoms with Crippen LogP contribution in [0.3, 0.4) is 0 Å². The van der Waals surface area contributed by atoms with Gasteiger partial charge in [-0.3, -0.25) is 14.4 Å². The quantitative estimate of drug-likeness (QED) is 0.471. The minimum absolute atomic E-state index is 0.0244. The maximum atomic E-state index is 12.1. The summed E-state index contributed by atoms with van der Waals surface area (Å²) in [5.41, 5.74) is 1.26. The van der Waals surface area contributed by atoms with Crippen molar-refractivity contribution in [1.82, 2.24) is 0 Å². The summed E-state index contributed by atoms with van der Waals surface area (Å²) in [5, 5.41) is 2.54. The monoisotopic (exact) mass is 413 g/mol. The number of carbonyl (C=O) groups excluding carboxylic acids is 4. The highest BCUT2D eigenvalue weighted by atomic mass is 16.5. The molecule has 0 bridgehead atoms. The van der Waals surface area contributed by atoms with Crippen LogP contribution in [0.5, 0.6) is 5.75 Å². The smallest absolute Gasteiger partial charge is 0.337 e. The summed E-state index contributed by atoms with van der Waals surface area (Å²) in [6.45, 7) is 1.92. The van der Waals surface area contributed by atoms with E-state index in [9.17, 15) is 19.2 Å². The SMILES string of the molecule is CCOc1ccc(C(=O)CCC(=O)OCC(=O)Nc2ccc(C(=O)OC)cc2)cc1. The summed E-state index contributed by atoms with van der Waals surface area (Å²) in [5.74, 6) is -1.20. The molecule has 0 saturated heterocycles. The second kappa shape index (κ2) is 11.4. The third kappa shape index (κ3) is 7.05. The number of ketones is 1. The van der Waals surface area contributed by atoms with Crippen molar-refractivity contribution < 1.29 is 33.4 Å². The molecular weight excluding hydrogens is 390 g/mol. The van der Waals surface area contributed by atoms with E-state index in [-0.39, 0.29) is 18.6 Å². The highest BCUT2D eigenvalue weighted by Crippen LogP contribution is 2.14. The Morgan fingerprint density at radius 3 is 2.10 bits per heavy atom. The number of hydrogen-bond donors (Lipinski definition) is 1. The van der Waals surface area contributed by atoms with Crippen LogP contribution < -0.4 is 10.1 Å². The van der Waals surface area contributed by atoms with Crippen molar-refractivity contribution in [2.45, 2.75) is 19.8 Å². The normalized spacial score (nSPS) is 10.1. The molecule has 0 atom stereocenters. The second-order valence-electron chi connectivity index (χ2n) is 6.16. The van der Waals surface area contributed by atoms with Crippen LogP contribution in [0.15, 0.2) is 48.5 Å². The van der Waals surface area contributed by atoms with Gasteiger partial charge in [-0.25, -0.2) is 4.79 Å². The lowest BCUT2D eigenvalue weighted by atomic mass is 10.1. The maximum absolute atomic E-state index is 12.1. The fraction of sp³-hybridized carbons (Fsp3) is 0.273. The Hall–Kier alpha value is -3.68. The van der Waals surface area contributed by atoms with Gasteiger partial charge in [-0.05, 0) is 55.5 Å². The van der Waals surface area contributed by atoms with Crippen LogP contribution in [0.4, 0.5) is 5.69 Å². The number of benzene rings is 2. The largest absolute Gasteiger partial charge is 0.494 e. The Morgan fingerprint density at radius 2 is 1.50 bits per heavy atom. The Bertz CT molecular complexity index is 889. The number of hydrogen-bond acceptors (Lipinski definition) is 7. The molecule has 0 aliphatic heterocycles. The van der Waals surface area contributed by atoms with Crippen molar-refractivity contribution in [2.24, 2.45) is 0 Å². The maximum Gasteiger partial charge on any atom is 0.337 e. The molecule has 30 heavy (non-hydrogen) atoms. The molecule has 0 aliphatic rings. The van der Waals surface area contributed by atoms with E-state index in [1.54, 1.807) is 24.3 Å². The van der Waals surface area contributed by atoms with Crippen molar-refractivity contribution in [3.8, 4) is 5.75 Å². The lowest BCUT2D eigenvalue weighted by Crippen LogP contribution is -2.21. The molecule has 2 aromatic carbocycles. The Kier molecular flexibility index (Phi) is 8.56. The molecule has 1 N–H and O–H groups in total. The average Bonchev–Trinajstić information content (AvgIpc) is 2.76. The molecular formula is C22H23NO7. The summed E-state index contributed by atoms with van der Waals surface area (Å²) in [7, 11) is 1.28. The van der Waals surface area contributed by atoms with Crippen LogP contribution in [-0.4, -0.2) is 44.0 Å². The first kappa shape index (κ1) is 22.6. The Morgan fingerprint density at radius 1 is 0.867 bits per heavy atom. The van der Waals surface area contributed by atoms with Crippen LogP contribution in [-0.2, 0) is 19.1 Å². The highest BCUT2D eigenvalue weighted by molar-refractivity contribution is 5.98. The molecule has 2 rings (SSSR count). The lowest BCUT2D eigenvalue weighted by Gasteiger charge is -2.07. The average molecular weight is 413 g/mol. The molecule has 2 aromatic rings. The first-order valence-electron chi connectivity index (χ1n) is 9.32. The minimum atomic E-state index is -0.648. The summed E-state index contributed by atoms with van der Waals surface area (Å²) < 4.78 is 14.8. The van der Waals surface area contributed by atoms with Crippen LogP contribution >= 0.6 is 0 Å². The first-order valence-corrected chi connectivity index (χ1v) is 9.32. The number of nitrogens with one attached hydrogen (secondary N) is 1. The van der Waals surface area contributed by atoms with Gasteiger partial charge in [0.1, 0.15) is 5.75 Å². The molecule has 0 aliphatic carbocycles. The topological polar surface area (TPSA) is 108 Å². The van der Waals surface area contributed by atoms with Crippen LogP contribution in [0.25, 0.3) is 0 Å². The molecule has 8 heteroatoms. The van der Waals surface area contributed by atoms with Gasteiger partial charge >= 0.3 is 11.9 Å². The van der Waals surface area contributed by atoms with E-state index in [1.165, 1.54) is 31.4 Å². The molecule has 0 fully saturated rings. The van der Waals surface area contributed by atoms with E-state index in [4.69, 9.17) is 9.47 Å². The molecule has 0 heterocycles. The number of anilines is 1. The van der Waals surface area contributed by atoms with Gasteiger partial charge in [0.15, 0.2) is 12.4 Å². The number of Topliss-reactive ketones (excluding diaryl/α,β-unsaturated/α-hetero) is 1. The number of methoxy groups -OCH3 is 1. The van der Waals surface area contributed by atoms with Gasteiger partial charge in [-0.2, -0.15) is 0 Å². The molecule has 0 radical (unpaired) electrons. The third-order valence-corrected chi connectivity index (χ3v) is 4.00. The van der Waals surface area contributed by atoms with Gasteiger partial charge in [0.25, 0.3) is 5.91 Å². The predicted molar refractivity (Wildman–Crippen MR) is 109 cm³/mol. The number of rotatable bonds is 10. The van der Waals surface area contributed by atoms with Crippen molar-refractivity contribution in [3.63, 3.8) is 0 Å². The molecule has 8 nitrogen and oxygen atoms in total. The molecule has 0 saturated carbocycles. The zero-order chi connectivity index (χ0) is 21.9. The number of carbonyl (C=O) groups is 4.